The first kappa shape index (κ1) is 21.9. The highest BCUT2D eigenvalue weighted by molar-refractivity contribution is 6.15. The molecule has 0 unspecified atom stereocenters. The molecule has 0 spiro atoms. The van der Waals surface area contributed by atoms with E-state index >= 15 is 0 Å². The molecule has 1 saturated heterocycles. The summed E-state index contributed by atoms with van der Waals surface area (Å²) in [7, 11) is 0. The highest BCUT2D eigenvalue weighted by atomic mass is 19.1. The third-order valence-corrected chi connectivity index (χ3v) is 6.22. The first-order valence-electron chi connectivity index (χ1n) is 11.2. The number of hydrogen-bond donors (Lipinski definition) is 2. The van der Waals surface area contributed by atoms with E-state index in [4.69, 9.17) is 10.5 Å². The van der Waals surface area contributed by atoms with Gasteiger partial charge in [0.25, 0.3) is 0 Å². The van der Waals surface area contributed by atoms with E-state index in [1.165, 1.54) is 12.3 Å². The van der Waals surface area contributed by atoms with E-state index in [1.807, 2.05) is 13.0 Å². The smallest absolute Gasteiger partial charge is 0.167 e. The predicted molar refractivity (Wildman–Crippen MR) is 129 cm³/mol. The molecular weight excluding hydrogens is 435 g/mol. The van der Waals surface area contributed by atoms with E-state index < -0.39 is 5.82 Å². The molecular formula is C24H27FN8O. The van der Waals surface area contributed by atoms with E-state index in [1.54, 1.807) is 24.7 Å². The fourth-order valence-corrected chi connectivity index (χ4v) is 4.00. The summed E-state index contributed by atoms with van der Waals surface area (Å²) in [5.41, 5.74) is 7.82. The zero-order valence-electron chi connectivity index (χ0n) is 19.0. The van der Waals surface area contributed by atoms with Gasteiger partial charge < -0.3 is 20.3 Å². The molecule has 3 aromatic rings. The SMILES string of the molecule is C=C/N=C(\C=C(/N)N1CCN(c2ccncn2)CC1)c1n[nH]c2cc(F)c(OC3(C)CC3)cc12. The average Bonchev–Trinajstić information content (AvgIpc) is 3.44. The number of aliphatic imine (C=N–C) groups is 1. The quantitative estimate of drug-likeness (QED) is 0.520. The molecule has 1 aliphatic carbocycles. The molecule has 9 nitrogen and oxygen atoms in total. The van der Waals surface area contributed by atoms with Crippen molar-refractivity contribution in [2.24, 2.45) is 10.7 Å². The van der Waals surface area contributed by atoms with Crippen LogP contribution in [-0.4, -0.2) is 62.6 Å². The number of H-pyrrole nitrogens is 1. The number of fused-ring (bicyclic) bond motifs is 1. The number of anilines is 1. The minimum Gasteiger partial charge on any atom is -0.484 e. The molecule has 3 N–H and O–H groups in total. The maximum absolute atomic E-state index is 14.6. The van der Waals surface area contributed by atoms with E-state index in [2.05, 4.69) is 41.5 Å². The molecule has 34 heavy (non-hydrogen) atoms. The second-order valence-electron chi connectivity index (χ2n) is 8.76. The molecule has 10 heteroatoms. The number of allylic oxidation sites excluding steroid dienone is 1. The number of nitrogens with two attached hydrogens (primary N) is 1. The molecule has 2 aliphatic rings. The standard InChI is InChI=1S/C24H27FN8O/c1-3-28-19(14-21(26)32-8-10-33(11-9-32)22-4-7-27-15-29-22)23-16-12-20(34-24(2)5-6-24)17(25)13-18(16)30-31-23/h3-4,7,12-15H,1,5-6,8-11,26H2,2H3,(H,30,31)/b21-14+,28-19+. The molecule has 5 rings (SSSR count). The Hall–Kier alpha value is -3.95. The molecule has 0 radical (unpaired) electrons. The number of nitrogens with one attached hydrogen (secondary N) is 1. The third kappa shape index (κ3) is 4.43. The lowest BCUT2D eigenvalue weighted by molar-refractivity contribution is 0.191. The largest absolute Gasteiger partial charge is 0.484 e. The minimum absolute atomic E-state index is 0.214. The number of benzene rings is 1. The number of hydrogen-bond acceptors (Lipinski definition) is 8. The van der Waals surface area contributed by atoms with Gasteiger partial charge in [-0.05, 0) is 31.9 Å². The van der Waals surface area contributed by atoms with Crippen molar-refractivity contribution in [3.63, 3.8) is 0 Å². The second kappa shape index (κ2) is 8.77. The molecule has 3 heterocycles. The van der Waals surface area contributed by atoms with Crippen molar-refractivity contribution in [3.05, 3.63) is 66.9 Å². The van der Waals surface area contributed by atoms with Crippen LogP contribution in [-0.2, 0) is 0 Å². The van der Waals surface area contributed by atoms with Crippen LogP contribution in [0, 0.1) is 5.82 Å². The highest BCUT2D eigenvalue weighted by Gasteiger charge is 2.40. The number of aromatic nitrogens is 4. The molecule has 1 aromatic carbocycles. The lowest BCUT2D eigenvalue weighted by Crippen LogP contribution is -2.47. The van der Waals surface area contributed by atoms with Gasteiger partial charge >= 0.3 is 0 Å². The summed E-state index contributed by atoms with van der Waals surface area (Å²) in [6.45, 7) is 8.74. The highest BCUT2D eigenvalue weighted by Crippen LogP contribution is 2.41. The van der Waals surface area contributed by atoms with Crippen molar-refractivity contribution in [1.82, 2.24) is 25.1 Å². The molecule has 2 fully saturated rings. The zero-order valence-corrected chi connectivity index (χ0v) is 19.0. The summed E-state index contributed by atoms with van der Waals surface area (Å²) >= 11 is 0. The Labute approximate surface area is 196 Å². The van der Waals surface area contributed by atoms with Gasteiger partial charge in [0, 0.05) is 56.1 Å². The Morgan fingerprint density at radius 2 is 2.09 bits per heavy atom. The Bertz CT molecular complexity index is 1260. The van der Waals surface area contributed by atoms with Gasteiger partial charge in [-0.15, -0.1) is 0 Å². The Balaban J connectivity index is 1.38. The van der Waals surface area contributed by atoms with Crippen molar-refractivity contribution < 1.29 is 9.13 Å². The van der Waals surface area contributed by atoms with Crippen LogP contribution >= 0.6 is 0 Å². The predicted octanol–water partition coefficient (Wildman–Crippen LogP) is 2.98. The number of rotatable bonds is 7. The fourth-order valence-electron chi connectivity index (χ4n) is 4.00. The van der Waals surface area contributed by atoms with Gasteiger partial charge in [0.1, 0.15) is 29.3 Å². The summed E-state index contributed by atoms with van der Waals surface area (Å²) in [6, 6.07) is 4.98. The van der Waals surface area contributed by atoms with Crippen molar-refractivity contribution >= 4 is 22.4 Å². The molecule has 0 atom stereocenters. The van der Waals surface area contributed by atoms with E-state index in [0.29, 0.717) is 28.1 Å². The van der Waals surface area contributed by atoms with Crippen molar-refractivity contribution in [3.8, 4) is 5.75 Å². The lowest BCUT2D eigenvalue weighted by Gasteiger charge is -2.36. The number of nitrogens with zero attached hydrogens (tertiary/aromatic N) is 6. The van der Waals surface area contributed by atoms with Gasteiger partial charge in [0.15, 0.2) is 11.6 Å². The summed E-state index contributed by atoms with van der Waals surface area (Å²) in [6.07, 6.45) is 8.34. The van der Waals surface area contributed by atoms with Crippen molar-refractivity contribution in [1.29, 1.82) is 0 Å². The van der Waals surface area contributed by atoms with Gasteiger partial charge in [-0.1, -0.05) is 6.58 Å². The summed E-state index contributed by atoms with van der Waals surface area (Å²) < 4.78 is 20.5. The van der Waals surface area contributed by atoms with Crippen LogP contribution in [0.3, 0.4) is 0 Å². The third-order valence-electron chi connectivity index (χ3n) is 6.22. The molecule has 0 bridgehead atoms. The monoisotopic (exact) mass is 462 g/mol. The summed E-state index contributed by atoms with van der Waals surface area (Å²) in [4.78, 5) is 17.0. The van der Waals surface area contributed by atoms with Gasteiger partial charge in [-0.25, -0.2) is 14.4 Å². The molecule has 0 amide bonds. The molecule has 176 valence electrons. The van der Waals surface area contributed by atoms with E-state index in [-0.39, 0.29) is 11.4 Å². The van der Waals surface area contributed by atoms with Crippen LogP contribution in [0.15, 0.2) is 60.4 Å². The maximum atomic E-state index is 14.6. The van der Waals surface area contributed by atoms with Crippen molar-refractivity contribution in [2.45, 2.75) is 25.4 Å². The lowest BCUT2D eigenvalue weighted by atomic mass is 10.1. The van der Waals surface area contributed by atoms with Gasteiger partial charge in [0.2, 0.25) is 0 Å². The molecule has 1 aliphatic heterocycles. The van der Waals surface area contributed by atoms with Crippen molar-refractivity contribution in [2.75, 3.05) is 31.1 Å². The first-order chi connectivity index (χ1) is 16.5. The maximum Gasteiger partial charge on any atom is 0.167 e. The van der Waals surface area contributed by atoms with Crippen LogP contribution in [0.2, 0.25) is 0 Å². The van der Waals surface area contributed by atoms with Crippen LogP contribution in [0.4, 0.5) is 10.2 Å². The van der Waals surface area contributed by atoms with Crippen LogP contribution in [0.1, 0.15) is 25.5 Å². The van der Waals surface area contributed by atoms with Crippen LogP contribution in [0.5, 0.6) is 5.75 Å². The normalized spacial score (nSPS) is 18.3. The zero-order chi connectivity index (χ0) is 23.7. The number of aromatic amines is 1. The second-order valence-corrected chi connectivity index (χ2v) is 8.76. The Morgan fingerprint density at radius 1 is 1.29 bits per heavy atom. The van der Waals surface area contributed by atoms with Gasteiger partial charge in [0.05, 0.1) is 11.2 Å². The molecule has 2 aromatic heterocycles. The first-order valence-corrected chi connectivity index (χ1v) is 11.2. The number of ether oxygens (including phenoxy) is 1. The van der Waals surface area contributed by atoms with E-state index in [0.717, 1.165) is 44.8 Å². The van der Waals surface area contributed by atoms with E-state index in [9.17, 15) is 4.39 Å². The Morgan fingerprint density at radius 3 is 2.76 bits per heavy atom. The van der Waals surface area contributed by atoms with Crippen LogP contribution in [0.25, 0.3) is 10.9 Å². The fraction of sp³-hybridized carbons (Fsp3) is 0.333. The Kier molecular flexibility index (Phi) is 5.64. The summed E-state index contributed by atoms with van der Waals surface area (Å²) in [5, 5.41) is 7.99. The van der Waals surface area contributed by atoms with Crippen LogP contribution < -0.4 is 15.4 Å². The number of halogens is 1. The number of piperazine rings is 1. The average molecular weight is 463 g/mol. The topological polar surface area (TPSA) is 109 Å². The van der Waals surface area contributed by atoms with Gasteiger partial charge in [-0.2, -0.15) is 5.10 Å². The minimum atomic E-state index is -0.422. The molecule has 1 saturated carbocycles. The van der Waals surface area contributed by atoms with Gasteiger partial charge in [-0.3, -0.25) is 10.1 Å². The summed E-state index contributed by atoms with van der Waals surface area (Å²) in [5.74, 6) is 1.27.